The first-order chi connectivity index (χ1) is 13.6. The van der Waals surface area contributed by atoms with Crippen molar-refractivity contribution >= 4 is 17.0 Å². The van der Waals surface area contributed by atoms with Gasteiger partial charge in [0.25, 0.3) is 5.56 Å². The van der Waals surface area contributed by atoms with E-state index in [-0.39, 0.29) is 5.56 Å². The summed E-state index contributed by atoms with van der Waals surface area (Å²) in [5.41, 5.74) is 5.14. The van der Waals surface area contributed by atoms with Gasteiger partial charge in [0.1, 0.15) is 5.39 Å². The Balaban J connectivity index is 1.56. The second-order valence-corrected chi connectivity index (χ2v) is 7.93. The van der Waals surface area contributed by atoms with Crippen LogP contribution in [0.4, 0.5) is 5.95 Å². The monoisotopic (exact) mass is 379 g/mol. The van der Waals surface area contributed by atoms with Crippen LogP contribution in [0.15, 0.2) is 23.1 Å². The van der Waals surface area contributed by atoms with Crippen molar-refractivity contribution in [2.24, 2.45) is 0 Å². The number of hydrogen-bond donors (Lipinski definition) is 1. The van der Waals surface area contributed by atoms with Gasteiger partial charge in [-0.2, -0.15) is 4.98 Å². The minimum atomic E-state index is -0.154. The van der Waals surface area contributed by atoms with Gasteiger partial charge in [-0.25, -0.2) is 4.68 Å². The Labute approximate surface area is 163 Å². The molecule has 5 rings (SSSR count). The summed E-state index contributed by atoms with van der Waals surface area (Å²) in [6.45, 7) is 6.96. The van der Waals surface area contributed by atoms with Crippen LogP contribution in [0.5, 0.6) is 0 Å². The molecule has 1 aliphatic carbocycles. The average molecular weight is 379 g/mol. The van der Waals surface area contributed by atoms with Gasteiger partial charge in [-0.15, -0.1) is 5.10 Å². The Morgan fingerprint density at radius 2 is 1.86 bits per heavy atom. The van der Waals surface area contributed by atoms with Gasteiger partial charge in [0.05, 0.1) is 18.9 Å². The predicted octanol–water partition coefficient (Wildman–Crippen LogP) is 2.83. The summed E-state index contributed by atoms with van der Waals surface area (Å²) in [5.74, 6) is 1.27. The van der Waals surface area contributed by atoms with Crippen molar-refractivity contribution in [3.8, 4) is 5.69 Å². The highest BCUT2D eigenvalue weighted by Gasteiger charge is 2.22. The number of rotatable bonds is 3. The molecule has 0 unspecified atom stereocenters. The van der Waals surface area contributed by atoms with Gasteiger partial charge < -0.3 is 9.64 Å². The van der Waals surface area contributed by atoms with E-state index in [0.717, 1.165) is 18.8 Å². The van der Waals surface area contributed by atoms with Crippen molar-refractivity contribution in [3.05, 3.63) is 45.4 Å². The van der Waals surface area contributed by atoms with Crippen LogP contribution < -0.4 is 10.5 Å². The molecule has 3 aromatic rings. The predicted molar refractivity (Wildman–Crippen MR) is 109 cm³/mol. The van der Waals surface area contributed by atoms with E-state index >= 15 is 0 Å². The molecule has 28 heavy (non-hydrogen) atoms. The molecule has 1 saturated heterocycles. The van der Waals surface area contributed by atoms with Crippen LogP contribution in [0, 0.1) is 13.8 Å². The Morgan fingerprint density at radius 1 is 1.14 bits per heavy atom. The molecule has 7 nitrogen and oxygen atoms in total. The van der Waals surface area contributed by atoms with Crippen LogP contribution in [0.3, 0.4) is 0 Å². The number of aromatic amines is 1. The molecule has 1 N–H and O–H groups in total. The van der Waals surface area contributed by atoms with Crippen molar-refractivity contribution in [2.45, 2.75) is 39.0 Å². The second kappa shape index (κ2) is 6.74. The van der Waals surface area contributed by atoms with Gasteiger partial charge in [-0.05, 0) is 49.3 Å². The lowest BCUT2D eigenvalue weighted by atomic mass is 9.79. The molecule has 0 bridgehead atoms. The number of fused-ring (bicyclic) bond motifs is 1. The van der Waals surface area contributed by atoms with E-state index < -0.39 is 0 Å². The zero-order chi connectivity index (χ0) is 19.3. The quantitative estimate of drug-likeness (QED) is 0.757. The molecule has 0 spiro atoms. The number of morpholine rings is 1. The lowest BCUT2D eigenvalue weighted by molar-refractivity contribution is 0.122. The topological polar surface area (TPSA) is 76.0 Å². The molecule has 146 valence electrons. The van der Waals surface area contributed by atoms with Crippen LogP contribution in [0.2, 0.25) is 0 Å². The van der Waals surface area contributed by atoms with Crippen molar-refractivity contribution in [3.63, 3.8) is 0 Å². The minimum absolute atomic E-state index is 0.154. The summed E-state index contributed by atoms with van der Waals surface area (Å²) in [6, 6.07) is 4.55. The van der Waals surface area contributed by atoms with E-state index in [4.69, 9.17) is 4.74 Å². The second-order valence-electron chi connectivity index (χ2n) is 7.93. The van der Waals surface area contributed by atoms with Gasteiger partial charge in [0.2, 0.25) is 5.95 Å². The normalized spacial score (nSPS) is 17.9. The molecule has 0 radical (unpaired) electrons. The number of benzene rings is 1. The van der Waals surface area contributed by atoms with E-state index in [1.165, 1.54) is 36.0 Å². The Morgan fingerprint density at radius 3 is 2.50 bits per heavy atom. The molecule has 0 amide bonds. The fourth-order valence-electron chi connectivity index (χ4n) is 4.27. The van der Waals surface area contributed by atoms with Crippen LogP contribution in [0.1, 0.15) is 41.9 Å². The third kappa shape index (κ3) is 2.90. The van der Waals surface area contributed by atoms with Crippen molar-refractivity contribution < 1.29 is 4.74 Å². The standard InChI is InChI=1S/C21H25N5O2/c1-13-10-16(15-4-3-5-15)11-14(2)18(13)26-12-17-19(24-26)22-21(23-20(17)27)25-6-8-28-9-7-25/h10-12,15H,3-9H2,1-2H3,(H,22,23,24,27). The van der Waals surface area contributed by atoms with Gasteiger partial charge >= 0.3 is 0 Å². The first-order valence-corrected chi connectivity index (χ1v) is 10.0. The summed E-state index contributed by atoms with van der Waals surface area (Å²) < 4.78 is 7.20. The summed E-state index contributed by atoms with van der Waals surface area (Å²) in [7, 11) is 0. The van der Waals surface area contributed by atoms with Crippen LogP contribution >= 0.6 is 0 Å². The smallest absolute Gasteiger partial charge is 0.263 e. The molecule has 7 heteroatoms. The molecule has 2 fully saturated rings. The molecule has 2 aromatic heterocycles. The maximum absolute atomic E-state index is 12.6. The number of aryl methyl sites for hydroxylation is 2. The fraction of sp³-hybridized carbons (Fsp3) is 0.476. The highest BCUT2D eigenvalue weighted by molar-refractivity contribution is 5.75. The summed E-state index contributed by atoms with van der Waals surface area (Å²) in [6.07, 6.45) is 5.69. The molecule has 0 atom stereocenters. The maximum atomic E-state index is 12.6. The van der Waals surface area contributed by atoms with Gasteiger partial charge in [-0.3, -0.25) is 9.78 Å². The number of nitrogens with zero attached hydrogens (tertiary/aromatic N) is 4. The Kier molecular flexibility index (Phi) is 4.19. The largest absolute Gasteiger partial charge is 0.378 e. The highest BCUT2D eigenvalue weighted by Crippen LogP contribution is 2.38. The van der Waals surface area contributed by atoms with Gasteiger partial charge in [-0.1, -0.05) is 18.6 Å². The third-order valence-electron chi connectivity index (χ3n) is 6.01. The van der Waals surface area contributed by atoms with E-state index in [9.17, 15) is 4.79 Å². The Hall–Kier alpha value is -2.67. The minimum Gasteiger partial charge on any atom is -0.378 e. The first kappa shape index (κ1) is 17.4. The number of nitrogens with one attached hydrogen (secondary N) is 1. The summed E-state index contributed by atoms with van der Waals surface area (Å²) in [5, 5.41) is 5.17. The molecule has 1 aliphatic heterocycles. The number of anilines is 1. The molecule has 1 saturated carbocycles. The van der Waals surface area contributed by atoms with E-state index in [0.29, 0.717) is 36.1 Å². The first-order valence-electron chi connectivity index (χ1n) is 10.0. The number of ether oxygens (including phenoxy) is 1. The number of H-pyrrole nitrogens is 1. The van der Waals surface area contributed by atoms with Crippen molar-refractivity contribution in [1.29, 1.82) is 0 Å². The molecule has 2 aliphatic rings. The highest BCUT2D eigenvalue weighted by atomic mass is 16.5. The lowest BCUT2D eigenvalue weighted by Crippen LogP contribution is -2.38. The molecule has 1 aromatic carbocycles. The van der Waals surface area contributed by atoms with Crippen LogP contribution in [-0.4, -0.2) is 46.1 Å². The van der Waals surface area contributed by atoms with Crippen LogP contribution in [-0.2, 0) is 4.74 Å². The molecular weight excluding hydrogens is 354 g/mol. The van der Waals surface area contributed by atoms with E-state index in [2.05, 4.69) is 41.0 Å². The van der Waals surface area contributed by atoms with E-state index in [1.807, 2.05) is 9.58 Å². The number of hydrogen-bond acceptors (Lipinski definition) is 5. The van der Waals surface area contributed by atoms with Crippen LogP contribution in [0.25, 0.3) is 16.7 Å². The molecular formula is C21H25N5O2. The Bertz CT molecular complexity index is 1070. The van der Waals surface area contributed by atoms with Crippen molar-refractivity contribution in [1.82, 2.24) is 19.7 Å². The average Bonchev–Trinajstić information content (AvgIpc) is 3.04. The van der Waals surface area contributed by atoms with Gasteiger partial charge in [0.15, 0.2) is 5.65 Å². The third-order valence-corrected chi connectivity index (χ3v) is 6.01. The van der Waals surface area contributed by atoms with Crippen molar-refractivity contribution in [2.75, 3.05) is 31.2 Å². The maximum Gasteiger partial charge on any atom is 0.263 e. The SMILES string of the molecule is Cc1cc(C2CCC2)cc(C)c1-n1cc2c(=O)[nH]c(N3CCOCC3)nc2n1. The summed E-state index contributed by atoms with van der Waals surface area (Å²) >= 11 is 0. The molecule has 3 heterocycles. The zero-order valence-electron chi connectivity index (χ0n) is 16.4. The zero-order valence-corrected chi connectivity index (χ0v) is 16.4. The summed E-state index contributed by atoms with van der Waals surface area (Å²) in [4.78, 5) is 22.2. The fourth-order valence-corrected chi connectivity index (χ4v) is 4.27. The lowest BCUT2D eigenvalue weighted by Gasteiger charge is -2.27. The van der Waals surface area contributed by atoms with Gasteiger partial charge in [0, 0.05) is 19.3 Å². The van der Waals surface area contributed by atoms with E-state index in [1.54, 1.807) is 6.20 Å². The number of aromatic nitrogens is 4.